The maximum atomic E-state index is 12.4. The highest BCUT2D eigenvalue weighted by molar-refractivity contribution is 5.96. The van der Waals surface area contributed by atoms with Crippen LogP contribution in [-0.4, -0.2) is 55.0 Å². The third kappa shape index (κ3) is 2.28. The molecule has 0 aromatic carbocycles. The normalized spacial score (nSPS) is 23.8. The minimum Gasteiger partial charge on any atom is -0.388 e. The number of amides is 1. The summed E-state index contributed by atoms with van der Waals surface area (Å²) in [7, 11) is 0. The van der Waals surface area contributed by atoms with Gasteiger partial charge in [-0.05, 0) is 25.8 Å². The maximum Gasteiger partial charge on any atom is 0.255 e. The van der Waals surface area contributed by atoms with Crippen LogP contribution in [0.2, 0.25) is 0 Å². The zero-order valence-corrected chi connectivity index (χ0v) is 10.6. The molecule has 100 valence electrons. The molecule has 0 radical (unpaired) electrons. The molecule has 0 spiro atoms. The van der Waals surface area contributed by atoms with Crippen LogP contribution < -0.4 is 0 Å². The van der Waals surface area contributed by atoms with Crippen molar-refractivity contribution in [3.63, 3.8) is 0 Å². The predicted molar refractivity (Wildman–Crippen MR) is 67.4 cm³/mol. The van der Waals surface area contributed by atoms with Gasteiger partial charge in [0.1, 0.15) is 5.52 Å². The highest BCUT2D eigenvalue weighted by Crippen LogP contribution is 2.22. The Labute approximate surface area is 109 Å². The Balaban J connectivity index is 1.86. The molecule has 0 aliphatic carbocycles. The molecule has 2 N–H and O–H groups in total. The van der Waals surface area contributed by atoms with E-state index in [-0.39, 0.29) is 5.91 Å². The Kier molecular flexibility index (Phi) is 2.70. The Hall–Kier alpha value is -2.02. The van der Waals surface area contributed by atoms with Gasteiger partial charge >= 0.3 is 0 Å². The highest BCUT2D eigenvalue weighted by Gasteiger charge is 2.31. The van der Waals surface area contributed by atoms with E-state index in [1.807, 2.05) is 0 Å². The van der Waals surface area contributed by atoms with Crippen LogP contribution >= 0.6 is 0 Å². The van der Waals surface area contributed by atoms with Crippen LogP contribution in [0.25, 0.3) is 11.2 Å². The van der Waals surface area contributed by atoms with Gasteiger partial charge in [0.05, 0.1) is 11.2 Å². The summed E-state index contributed by atoms with van der Waals surface area (Å²) in [6, 6.07) is 1.66. The summed E-state index contributed by atoms with van der Waals surface area (Å²) in [6.07, 6.45) is 3.02. The lowest BCUT2D eigenvalue weighted by molar-refractivity contribution is -0.0107. The number of carbonyl (C=O) groups excluding carboxylic acids is 1. The monoisotopic (exact) mass is 261 g/mol. The first-order valence-electron chi connectivity index (χ1n) is 6.23. The SMILES string of the molecule is CC1(O)CCCN(C(=O)c2cnc3n[nH]nc3c2)C1. The van der Waals surface area contributed by atoms with Crippen LogP contribution in [-0.2, 0) is 0 Å². The van der Waals surface area contributed by atoms with Gasteiger partial charge in [-0.15, -0.1) is 5.10 Å². The molecule has 2 aromatic heterocycles. The highest BCUT2D eigenvalue weighted by atomic mass is 16.3. The number of nitrogens with one attached hydrogen (secondary N) is 1. The Morgan fingerprint density at radius 2 is 2.37 bits per heavy atom. The second-order valence-corrected chi connectivity index (χ2v) is 5.22. The number of hydrogen-bond donors (Lipinski definition) is 2. The molecule has 3 heterocycles. The van der Waals surface area contributed by atoms with E-state index in [4.69, 9.17) is 0 Å². The number of nitrogens with zero attached hydrogens (tertiary/aromatic N) is 4. The Morgan fingerprint density at radius 1 is 1.53 bits per heavy atom. The molecule has 2 aromatic rings. The van der Waals surface area contributed by atoms with Crippen LogP contribution in [0, 0.1) is 0 Å². The van der Waals surface area contributed by atoms with Crippen molar-refractivity contribution in [3.8, 4) is 0 Å². The van der Waals surface area contributed by atoms with Gasteiger partial charge in [0.2, 0.25) is 5.65 Å². The molecule has 1 unspecified atom stereocenters. The van der Waals surface area contributed by atoms with Gasteiger partial charge in [-0.2, -0.15) is 10.3 Å². The molecule has 1 amide bonds. The van der Waals surface area contributed by atoms with Crippen LogP contribution in [0.5, 0.6) is 0 Å². The lowest BCUT2D eigenvalue weighted by Gasteiger charge is -2.36. The van der Waals surface area contributed by atoms with Crippen molar-refractivity contribution in [2.45, 2.75) is 25.4 Å². The quantitative estimate of drug-likeness (QED) is 0.771. The number of pyridine rings is 1. The molecule has 1 atom stereocenters. The van der Waals surface area contributed by atoms with E-state index in [1.165, 1.54) is 6.20 Å². The van der Waals surface area contributed by atoms with Gasteiger partial charge in [0.15, 0.2) is 0 Å². The van der Waals surface area contributed by atoms with E-state index in [0.717, 1.165) is 12.8 Å². The number of rotatable bonds is 1. The molecule has 1 aliphatic heterocycles. The second-order valence-electron chi connectivity index (χ2n) is 5.22. The van der Waals surface area contributed by atoms with Crippen molar-refractivity contribution in [1.82, 2.24) is 25.3 Å². The average Bonchev–Trinajstić information content (AvgIpc) is 2.83. The zero-order chi connectivity index (χ0) is 13.5. The number of aliphatic hydroxyl groups is 1. The summed E-state index contributed by atoms with van der Waals surface area (Å²) in [6.45, 7) is 2.76. The molecular weight excluding hydrogens is 246 g/mol. The number of carbonyl (C=O) groups is 1. The van der Waals surface area contributed by atoms with Gasteiger partial charge in [-0.1, -0.05) is 0 Å². The van der Waals surface area contributed by atoms with Gasteiger partial charge < -0.3 is 10.0 Å². The van der Waals surface area contributed by atoms with E-state index in [1.54, 1.807) is 17.9 Å². The van der Waals surface area contributed by atoms with E-state index >= 15 is 0 Å². The van der Waals surface area contributed by atoms with E-state index < -0.39 is 5.60 Å². The number of hydrogen-bond acceptors (Lipinski definition) is 5. The average molecular weight is 261 g/mol. The fourth-order valence-electron chi connectivity index (χ4n) is 2.43. The van der Waals surface area contributed by atoms with Crippen molar-refractivity contribution < 1.29 is 9.90 Å². The first kappa shape index (κ1) is 12.0. The predicted octanol–water partition coefficient (Wildman–Crippen LogP) is 0.340. The first-order chi connectivity index (χ1) is 9.05. The molecular formula is C12H15N5O2. The van der Waals surface area contributed by atoms with E-state index in [2.05, 4.69) is 20.4 Å². The molecule has 7 nitrogen and oxygen atoms in total. The van der Waals surface area contributed by atoms with Gasteiger partial charge in [-0.25, -0.2) is 4.98 Å². The van der Waals surface area contributed by atoms with Crippen molar-refractivity contribution in [1.29, 1.82) is 0 Å². The summed E-state index contributed by atoms with van der Waals surface area (Å²) >= 11 is 0. The van der Waals surface area contributed by atoms with Crippen LogP contribution in [0.3, 0.4) is 0 Å². The number of fused-ring (bicyclic) bond motifs is 1. The molecule has 0 saturated carbocycles. The van der Waals surface area contributed by atoms with Crippen molar-refractivity contribution in [3.05, 3.63) is 17.8 Å². The molecule has 19 heavy (non-hydrogen) atoms. The zero-order valence-electron chi connectivity index (χ0n) is 10.6. The number of aromatic amines is 1. The molecule has 3 rings (SSSR count). The number of piperidine rings is 1. The minimum absolute atomic E-state index is 0.127. The Morgan fingerprint density at radius 3 is 3.16 bits per heavy atom. The maximum absolute atomic E-state index is 12.4. The van der Waals surface area contributed by atoms with Gasteiger partial charge in [-0.3, -0.25) is 4.79 Å². The van der Waals surface area contributed by atoms with Gasteiger partial charge in [0.25, 0.3) is 5.91 Å². The number of aromatic nitrogens is 4. The largest absolute Gasteiger partial charge is 0.388 e. The molecule has 0 bridgehead atoms. The third-order valence-electron chi connectivity index (χ3n) is 3.38. The van der Waals surface area contributed by atoms with Crippen molar-refractivity contribution in [2.75, 3.05) is 13.1 Å². The fraction of sp³-hybridized carbons (Fsp3) is 0.500. The topological polar surface area (TPSA) is 95.0 Å². The van der Waals surface area contributed by atoms with Crippen LogP contribution in [0.4, 0.5) is 0 Å². The fourth-order valence-corrected chi connectivity index (χ4v) is 2.43. The molecule has 1 aliphatic rings. The number of likely N-dealkylation sites (tertiary alicyclic amines) is 1. The molecule has 1 fully saturated rings. The summed E-state index contributed by atoms with van der Waals surface area (Å²) in [5.41, 5.74) is 0.718. The standard InChI is InChI=1S/C12H15N5O2/c1-12(19)3-2-4-17(7-12)11(18)8-5-9-10(13-6-8)15-16-14-9/h5-6,19H,2-4,7H2,1H3,(H,13,14,15,16). The minimum atomic E-state index is -0.806. The molecule has 7 heteroatoms. The summed E-state index contributed by atoms with van der Waals surface area (Å²) in [5, 5.41) is 20.3. The Bertz CT molecular complexity index is 621. The van der Waals surface area contributed by atoms with E-state index in [9.17, 15) is 9.90 Å². The second kappa shape index (κ2) is 4.27. The lowest BCUT2D eigenvalue weighted by Crippen LogP contribution is -2.48. The van der Waals surface area contributed by atoms with Crippen LogP contribution in [0.1, 0.15) is 30.1 Å². The number of H-pyrrole nitrogens is 1. The van der Waals surface area contributed by atoms with Crippen molar-refractivity contribution >= 4 is 17.1 Å². The summed E-state index contributed by atoms with van der Waals surface area (Å²) in [4.78, 5) is 18.1. The lowest BCUT2D eigenvalue weighted by atomic mass is 9.95. The first-order valence-corrected chi connectivity index (χ1v) is 6.23. The smallest absolute Gasteiger partial charge is 0.255 e. The molecule has 1 saturated heterocycles. The summed E-state index contributed by atoms with van der Waals surface area (Å²) < 4.78 is 0. The van der Waals surface area contributed by atoms with E-state index in [0.29, 0.717) is 29.8 Å². The summed E-state index contributed by atoms with van der Waals surface area (Å²) in [5.74, 6) is -0.127. The van der Waals surface area contributed by atoms with Crippen molar-refractivity contribution in [2.24, 2.45) is 0 Å². The van der Waals surface area contributed by atoms with Crippen LogP contribution in [0.15, 0.2) is 12.3 Å². The third-order valence-corrected chi connectivity index (χ3v) is 3.38. The number of β-amino-alcohol motifs (C(OH)–C–C–N with tert-alkyl or cyclic N) is 1. The van der Waals surface area contributed by atoms with Gasteiger partial charge in [0, 0.05) is 19.3 Å².